The Labute approximate surface area is 125 Å². The van der Waals surface area contributed by atoms with Gasteiger partial charge < -0.3 is 9.47 Å². The summed E-state index contributed by atoms with van der Waals surface area (Å²) in [5, 5.41) is 0. The molecule has 0 radical (unpaired) electrons. The Hall–Kier alpha value is -1.06. The van der Waals surface area contributed by atoms with E-state index < -0.39 is 0 Å². The maximum absolute atomic E-state index is 6.15. The molecule has 2 unspecified atom stereocenters. The zero-order chi connectivity index (χ0) is 14.3. The Bertz CT molecular complexity index is 619. The third kappa shape index (κ3) is 2.23. The van der Waals surface area contributed by atoms with Crippen LogP contribution in [0.4, 0.5) is 0 Å². The highest BCUT2D eigenvalue weighted by Crippen LogP contribution is 2.32. The molecule has 1 fully saturated rings. The Kier molecular flexibility index (Phi) is 3.74. The molecule has 2 heterocycles. The van der Waals surface area contributed by atoms with Crippen molar-refractivity contribution in [2.45, 2.75) is 44.7 Å². The number of nitrogens with zero attached hydrogens (tertiary/aromatic N) is 3. The van der Waals surface area contributed by atoms with Crippen LogP contribution < -0.4 is 0 Å². The van der Waals surface area contributed by atoms with Crippen molar-refractivity contribution in [2.24, 2.45) is 0 Å². The molecule has 3 rings (SSSR count). The van der Waals surface area contributed by atoms with Crippen molar-refractivity contribution < 1.29 is 0 Å². The molecule has 1 saturated heterocycles. The van der Waals surface area contributed by atoms with Gasteiger partial charge in [-0.3, -0.25) is 0 Å². The van der Waals surface area contributed by atoms with Crippen molar-refractivity contribution in [1.82, 2.24) is 14.5 Å². The fourth-order valence-electron chi connectivity index (χ4n) is 3.36. The molecule has 2 atom stereocenters. The van der Waals surface area contributed by atoms with Gasteiger partial charge in [-0.2, -0.15) is 0 Å². The topological polar surface area (TPSA) is 21.1 Å². The monoisotopic (exact) mass is 291 g/mol. The Morgan fingerprint density at radius 2 is 2.20 bits per heavy atom. The van der Waals surface area contributed by atoms with E-state index in [1.54, 1.807) is 0 Å². The molecule has 0 N–H and O–H groups in total. The van der Waals surface area contributed by atoms with Gasteiger partial charge in [0.05, 0.1) is 16.9 Å². The number of halogens is 1. The number of hydrogen-bond donors (Lipinski definition) is 0. The third-order valence-corrected chi connectivity index (χ3v) is 4.89. The summed E-state index contributed by atoms with van der Waals surface area (Å²) in [7, 11) is 2.21. The maximum atomic E-state index is 6.15. The molecule has 0 aliphatic carbocycles. The summed E-state index contributed by atoms with van der Waals surface area (Å²) in [6.07, 6.45) is 2.34. The van der Waals surface area contributed by atoms with Crippen LogP contribution in [0, 0.1) is 6.92 Å². The van der Waals surface area contributed by atoms with Gasteiger partial charge in [0, 0.05) is 18.6 Å². The van der Waals surface area contributed by atoms with Gasteiger partial charge in [-0.15, -0.1) is 11.6 Å². The molecule has 2 aromatic rings. The number of fused-ring (bicyclic) bond motifs is 1. The average molecular weight is 292 g/mol. The largest absolute Gasteiger partial charge is 0.324 e. The van der Waals surface area contributed by atoms with Gasteiger partial charge in [0.2, 0.25) is 0 Å². The first-order valence-electron chi connectivity index (χ1n) is 7.34. The van der Waals surface area contributed by atoms with Crippen molar-refractivity contribution in [3.63, 3.8) is 0 Å². The van der Waals surface area contributed by atoms with Crippen molar-refractivity contribution in [3.05, 3.63) is 29.6 Å². The lowest BCUT2D eigenvalue weighted by atomic mass is 9.98. The van der Waals surface area contributed by atoms with Gasteiger partial charge in [0.25, 0.3) is 0 Å². The van der Waals surface area contributed by atoms with Crippen LogP contribution in [0.25, 0.3) is 11.0 Å². The minimum Gasteiger partial charge on any atom is -0.324 e. The SMILES string of the molecule is Cc1cccc2nc(CCl)n(C3CCN(C)C(C)C3)c12. The quantitative estimate of drug-likeness (QED) is 0.786. The van der Waals surface area contributed by atoms with Gasteiger partial charge in [0.1, 0.15) is 5.82 Å². The number of likely N-dealkylation sites (tertiary alicyclic amines) is 1. The highest BCUT2D eigenvalue weighted by molar-refractivity contribution is 6.16. The molecule has 1 aromatic carbocycles. The summed E-state index contributed by atoms with van der Waals surface area (Å²) in [5.41, 5.74) is 3.63. The molecule has 1 aliphatic heterocycles. The number of rotatable bonds is 2. The van der Waals surface area contributed by atoms with Crippen molar-refractivity contribution in [3.8, 4) is 0 Å². The first kappa shape index (κ1) is 13.9. The molecule has 108 valence electrons. The van der Waals surface area contributed by atoms with Crippen molar-refractivity contribution >= 4 is 22.6 Å². The molecule has 0 bridgehead atoms. The lowest BCUT2D eigenvalue weighted by Crippen LogP contribution is -2.38. The predicted octanol–water partition coefficient (Wildman–Crippen LogP) is 3.74. The number of hydrogen-bond acceptors (Lipinski definition) is 2. The number of aryl methyl sites for hydroxylation is 1. The highest BCUT2D eigenvalue weighted by Gasteiger charge is 2.27. The van der Waals surface area contributed by atoms with E-state index in [9.17, 15) is 0 Å². The smallest absolute Gasteiger partial charge is 0.125 e. The van der Waals surface area contributed by atoms with Crippen LogP contribution in [-0.2, 0) is 5.88 Å². The van der Waals surface area contributed by atoms with Crippen LogP contribution in [0.1, 0.15) is 37.2 Å². The fourth-order valence-corrected chi connectivity index (χ4v) is 3.54. The molecule has 1 aliphatic rings. The molecular weight excluding hydrogens is 270 g/mol. The minimum absolute atomic E-state index is 0.481. The summed E-state index contributed by atoms with van der Waals surface area (Å²) >= 11 is 6.15. The summed E-state index contributed by atoms with van der Waals surface area (Å²) in [5.74, 6) is 1.49. The number of benzene rings is 1. The second-order valence-corrected chi connectivity index (χ2v) is 6.25. The van der Waals surface area contributed by atoms with E-state index in [0.29, 0.717) is 18.0 Å². The molecule has 3 nitrogen and oxygen atoms in total. The minimum atomic E-state index is 0.481. The van der Waals surface area contributed by atoms with E-state index in [1.807, 2.05) is 0 Å². The van der Waals surface area contributed by atoms with Crippen molar-refractivity contribution in [1.29, 1.82) is 0 Å². The zero-order valence-corrected chi connectivity index (χ0v) is 13.2. The Morgan fingerprint density at radius 3 is 2.90 bits per heavy atom. The Morgan fingerprint density at radius 1 is 1.40 bits per heavy atom. The molecule has 4 heteroatoms. The lowest BCUT2D eigenvalue weighted by molar-refractivity contribution is 0.157. The number of para-hydroxylation sites is 1. The molecule has 0 spiro atoms. The van der Waals surface area contributed by atoms with E-state index in [-0.39, 0.29) is 0 Å². The Balaban J connectivity index is 2.10. The summed E-state index contributed by atoms with van der Waals surface area (Å²) < 4.78 is 2.40. The molecule has 1 aromatic heterocycles. The van der Waals surface area contributed by atoms with E-state index in [0.717, 1.165) is 17.9 Å². The fraction of sp³-hybridized carbons (Fsp3) is 0.562. The number of piperidine rings is 1. The van der Waals surface area contributed by atoms with E-state index in [2.05, 4.69) is 48.6 Å². The van der Waals surface area contributed by atoms with Crippen LogP contribution in [-0.4, -0.2) is 34.1 Å². The third-order valence-electron chi connectivity index (χ3n) is 4.65. The van der Waals surface area contributed by atoms with Gasteiger partial charge in [0.15, 0.2) is 0 Å². The molecular formula is C16H22ClN3. The second kappa shape index (κ2) is 5.38. The standard InChI is InChI=1S/C16H22ClN3/c1-11-5-4-6-14-16(11)20(15(10-17)18-14)13-7-8-19(3)12(2)9-13/h4-6,12-13H,7-10H2,1-3H3. The van der Waals surface area contributed by atoms with E-state index >= 15 is 0 Å². The molecule has 20 heavy (non-hydrogen) atoms. The number of imidazole rings is 1. The summed E-state index contributed by atoms with van der Waals surface area (Å²) in [6.45, 7) is 5.61. The highest BCUT2D eigenvalue weighted by atomic mass is 35.5. The average Bonchev–Trinajstić information content (AvgIpc) is 2.82. The predicted molar refractivity (Wildman–Crippen MR) is 84.4 cm³/mol. The molecule has 0 amide bonds. The van der Waals surface area contributed by atoms with Crippen LogP contribution >= 0.6 is 11.6 Å². The van der Waals surface area contributed by atoms with E-state index in [1.165, 1.54) is 23.9 Å². The number of alkyl halides is 1. The van der Waals surface area contributed by atoms with Gasteiger partial charge in [-0.1, -0.05) is 12.1 Å². The van der Waals surface area contributed by atoms with Gasteiger partial charge in [-0.05, 0) is 45.4 Å². The zero-order valence-electron chi connectivity index (χ0n) is 12.4. The normalized spacial score (nSPS) is 24.4. The van der Waals surface area contributed by atoms with E-state index in [4.69, 9.17) is 16.6 Å². The maximum Gasteiger partial charge on any atom is 0.125 e. The first-order chi connectivity index (χ1) is 9.61. The van der Waals surface area contributed by atoms with Crippen LogP contribution in [0.5, 0.6) is 0 Å². The summed E-state index contributed by atoms with van der Waals surface area (Å²) in [4.78, 5) is 7.16. The molecule has 0 saturated carbocycles. The lowest BCUT2D eigenvalue weighted by Gasteiger charge is -2.36. The summed E-state index contributed by atoms with van der Waals surface area (Å²) in [6, 6.07) is 7.45. The van der Waals surface area contributed by atoms with Crippen molar-refractivity contribution in [2.75, 3.05) is 13.6 Å². The second-order valence-electron chi connectivity index (χ2n) is 5.98. The number of aromatic nitrogens is 2. The first-order valence-corrected chi connectivity index (χ1v) is 7.88. The van der Waals surface area contributed by atoms with Crippen LogP contribution in [0.2, 0.25) is 0 Å². The van der Waals surface area contributed by atoms with Gasteiger partial charge >= 0.3 is 0 Å². The van der Waals surface area contributed by atoms with Gasteiger partial charge in [-0.25, -0.2) is 4.98 Å². The van der Waals surface area contributed by atoms with Crippen LogP contribution in [0.15, 0.2) is 18.2 Å². The van der Waals surface area contributed by atoms with Crippen LogP contribution in [0.3, 0.4) is 0 Å².